The monoisotopic (exact) mass is 475 g/mol. The van der Waals surface area contributed by atoms with E-state index in [-0.39, 0.29) is 11.9 Å². The molecule has 0 bridgehead atoms. The van der Waals surface area contributed by atoms with E-state index >= 15 is 0 Å². The third-order valence-electron chi connectivity index (χ3n) is 6.36. The zero-order valence-electron chi connectivity index (χ0n) is 18.8. The Kier molecular flexibility index (Phi) is 7.41. The van der Waals surface area contributed by atoms with Crippen molar-refractivity contribution in [2.45, 2.75) is 69.9 Å². The highest BCUT2D eigenvalue weighted by molar-refractivity contribution is 6.42. The number of benzene rings is 1. The van der Waals surface area contributed by atoms with Gasteiger partial charge in [-0.2, -0.15) is 4.98 Å². The Labute approximate surface area is 200 Å². The van der Waals surface area contributed by atoms with Crippen molar-refractivity contribution < 1.29 is 4.79 Å². The zero-order chi connectivity index (χ0) is 22.7. The summed E-state index contributed by atoms with van der Waals surface area (Å²) in [5, 5.41) is 7.71. The quantitative estimate of drug-likeness (QED) is 0.626. The summed E-state index contributed by atoms with van der Waals surface area (Å²) < 4.78 is 0. The molecule has 8 heteroatoms. The van der Waals surface area contributed by atoms with Crippen LogP contribution in [0.25, 0.3) is 0 Å². The van der Waals surface area contributed by atoms with E-state index in [1.807, 2.05) is 20.2 Å². The highest BCUT2D eigenvalue weighted by atomic mass is 35.5. The molecule has 1 saturated carbocycles. The number of nitrogens with one attached hydrogen (secondary N) is 2. The molecule has 4 rings (SSSR count). The molecule has 0 atom stereocenters. The Balaban J connectivity index is 1.30. The first-order valence-electron chi connectivity index (χ1n) is 11.5. The standard InChI is InChI=1S/C24H31Cl2N5O/c1-31(2)23-18-5-3-4-6-21(18)29-24(30-23)28-17-10-8-16(9-11-17)27-22(32)14-15-7-12-19(25)20(26)13-15/h7,12-13,16-17H,3-6,8-11,14H2,1-2H3,(H,27,32)(H,28,29,30)/t16-,17+. The lowest BCUT2D eigenvalue weighted by Gasteiger charge is -2.30. The minimum absolute atomic E-state index is 0.0217. The van der Waals surface area contributed by atoms with Crippen LogP contribution in [0.2, 0.25) is 10.0 Å². The SMILES string of the molecule is CN(C)c1nc(N[C@H]2CC[C@@H](NC(=O)Cc3ccc(Cl)c(Cl)c3)CC2)nc2c1CCCC2. The molecule has 0 spiro atoms. The molecular formula is C24H31Cl2N5O. The third kappa shape index (κ3) is 5.65. The van der Waals surface area contributed by atoms with Crippen molar-refractivity contribution in [3.05, 3.63) is 45.1 Å². The maximum atomic E-state index is 12.5. The lowest BCUT2D eigenvalue weighted by molar-refractivity contribution is -0.121. The second-order valence-electron chi connectivity index (χ2n) is 9.08. The smallest absolute Gasteiger partial charge is 0.225 e. The van der Waals surface area contributed by atoms with E-state index in [4.69, 9.17) is 33.2 Å². The van der Waals surface area contributed by atoms with Crippen molar-refractivity contribution in [3.8, 4) is 0 Å². The molecule has 1 fully saturated rings. The van der Waals surface area contributed by atoms with Crippen molar-refractivity contribution in [3.63, 3.8) is 0 Å². The van der Waals surface area contributed by atoms with E-state index in [9.17, 15) is 4.79 Å². The molecule has 0 aliphatic heterocycles. The molecule has 0 saturated heterocycles. The lowest BCUT2D eigenvalue weighted by atomic mass is 9.91. The van der Waals surface area contributed by atoms with Gasteiger partial charge in [0.25, 0.3) is 0 Å². The predicted octanol–water partition coefficient (Wildman–Crippen LogP) is 4.81. The predicted molar refractivity (Wildman–Crippen MR) is 131 cm³/mol. The van der Waals surface area contributed by atoms with E-state index in [2.05, 4.69) is 15.5 Å². The Morgan fingerprint density at radius 2 is 1.75 bits per heavy atom. The fourth-order valence-corrected chi connectivity index (χ4v) is 5.01. The van der Waals surface area contributed by atoms with Gasteiger partial charge in [-0.15, -0.1) is 0 Å². The summed E-state index contributed by atoms with van der Waals surface area (Å²) in [6.45, 7) is 0. The van der Waals surface area contributed by atoms with Crippen LogP contribution in [-0.4, -0.2) is 42.1 Å². The molecule has 2 aromatic rings. The second kappa shape index (κ2) is 10.3. The topological polar surface area (TPSA) is 70.2 Å². The number of halogens is 2. The summed E-state index contributed by atoms with van der Waals surface area (Å²) in [6, 6.07) is 5.86. The highest BCUT2D eigenvalue weighted by Gasteiger charge is 2.25. The van der Waals surface area contributed by atoms with Gasteiger partial charge in [0.2, 0.25) is 11.9 Å². The minimum atomic E-state index is 0.0217. The van der Waals surface area contributed by atoms with Crippen molar-refractivity contribution in [2.24, 2.45) is 0 Å². The number of anilines is 2. The second-order valence-corrected chi connectivity index (χ2v) is 9.90. The number of fused-ring (bicyclic) bond motifs is 1. The number of hydrogen-bond donors (Lipinski definition) is 2. The summed E-state index contributed by atoms with van der Waals surface area (Å²) in [5.74, 6) is 1.80. The Bertz CT molecular complexity index is 973. The van der Waals surface area contributed by atoms with Crippen LogP contribution in [0.1, 0.15) is 55.3 Å². The molecule has 2 aliphatic rings. The van der Waals surface area contributed by atoms with Crippen molar-refractivity contribution in [1.82, 2.24) is 15.3 Å². The van der Waals surface area contributed by atoms with Gasteiger partial charge < -0.3 is 15.5 Å². The first-order chi connectivity index (χ1) is 15.4. The molecule has 0 radical (unpaired) electrons. The Morgan fingerprint density at radius 1 is 1.03 bits per heavy atom. The summed E-state index contributed by atoms with van der Waals surface area (Å²) in [5.41, 5.74) is 3.37. The van der Waals surface area contributed by atoms with Crippen LogP contribution in [0.3, 0.4) is 0 Å². The molecule has 172 valence electrons. The van der Waals surface area contributed by atoms with Gasteiger partial charge in [-0.05, 0) is 69.1 Å². The van der Waals surface area contributed by atoms with Gasteiger partial charge in [0.1, 0.15) is 5.82 Å². The maximum Gasteiger partial charge on any atom is 0.225 e. The first-order valence-corrected chi connectivity index (χ1v) is 12.2. The van der Waals surface area contributed by atoms with Gasteiger partial charge in [0, 0.05) is 31.7 Å². The van der Waals surface area contributed by atoms with Crippen LogP contribution in [-0.2, 0) is 24.1 Å². The third-order valence-corrected chi connectivity index (χ3v) is 7.10. The average Bonchev–Trinajstić information content (AvgIpc) is 2.77. The van der Waals surface area contributed by atoms with E-state index < -0.39 is 0 Å². The van der Waals surface area contributed by atoms with Gasteiger partial charge in [-0.3, -0.25) is 4.79 Å². The number of carbonyl (C=O) groups excluding carboxylic acids is 1. The van der Waals surface area contributed by atoms with E-state index in [0.29, 0.717) is 22.5 Å². The molecule has 1 aromatic carbocycles. The Morgan fingerprint density at radius 3 is 2.47 bits per heavy atom. The van der Waals surface area contributed by atoms with E-state index in [0.717, 1.165) is 55.9 Å². The molecule has 1 heterocycles. The molecule has 1 amide bonds. The van der Waals surface area contributed by atoms with Crippen LogP contribution < -0.4 is 15.5 Å². The zero-order valence-corrected chi connectivity index (χ0v) is 20.3. The summed E-state index contributed by atoms with van der Waals surface area (Å²) in [4.78, 5) is 24.2. The van der Waals surface area contributed by atoms with Crippen LogP contribution in [0.15, 0.2) is 18.2 Å². The van der Waals surface area contributed by atoms with Gasteiger partial charge in [-0.25, -0.2) is 4.98 Å². The summed E-state index contributed by atoms with van der Waals surface area (Å²) >= 11 is 12.0. The van der Waals surface area contributed by atoms with Crippen LogP contribution in [0, 0.1) is 0 Å². The van der Waals surface area contributed by atoms with Crippen molar-refractivity contribution in [2.75, 3.05) is 24.3 Å². The molecule has 6 nitrogen and oxygen atoms in total. The number of hydrogen-bond acceptors (Lipinski definition) is 5. The molecule has 2 N–H and O–H groups in total. The van der Waals surface area contributed by atoms with Gasteiger partial charge >= 0.3 is 0 Å². The highest BCUT2D eigenvalue weighted by Crippen LogP contribution is 2.29. The molecule has 2 aliphatic carbocycles. The fourth-order valence-electron chi connectivity index (χ4n) is 4.69. The molecule has 32 heavy (non-hydrogen) atoms. The molecule has 1 aromatic heterocycles. The molecular weight excluding hydrogens is 445 g/mol. The largest absolute Gasteiger partial charge is 0.362 e. The number of nitrogens with zero attached hydrogens (tertiary/aromatic N) is 3. The maximum absolute atomic E-state index is 12.5. The van der Waals surface area contributed by atoms with Crippen LogP contribution >= 0.6 is 23.2 Å². The number of aryl methyl sites for hydroxylation is 1. The first kappa shape index (κ1) is 23.1. The number of carbonyl (C=O) groups is 1. The summed E-state index contributed by atoms with van der Waals surface area (Å²) in [6.07, 6.45) is 8.66. The van der Waals surface area contributed by atoms with Crippen molar-refractivity contribution in [1.29, 1.82) is 0 Å². The Hall–Kier alpha value is -2.05. The van der Waals surface area contributed by atoms with Crippen LogP contribution in [0.5, 0.6) is 0 Å². The van der Waals surface area contributed by atoms with E-state index in [1.54, 1.807) is 12.1 Å². The minimum Gasteiger partial charge on any atom is -0.362 e. The average molecular weight is 476 g/mol. The molecule has 0 unspecified atom stereocenters. The van der Waals surface area contributed by atoms with Crippen LogP contribution in [0.4, 0.5) is 11.8 Å². The lowest BCUT2D eigenvalue weighted by Crippen LogP contribution is -2.41. The normalized spacial score (nSPS) is 20.4. The summed E-state index contributed by atoms with van der Waals surface area (Å²) in [7, 11) is 4.10. The van der Waals surface area contributed by atoms with Gasteiger partial charge in [0.05, 0.1) is 22.2 Å². The van der Waals surface area contributed by atoms with E-state index in [1.165, 1.54) is 24.1 Å². The van der Waals surface area contributed by atoms with Crippen molar-refractivity contribution >= 4 is 40.9 Å². The van der Waals surface area contributed by atoms with Gasteiger partial charge in [0.15, 0.2) is 0 Å². The number of rotatable bonds is 6. The number of amides is 1. The number of aromatic nitrogens is 2. The fraction of sp³-hybridized carbons (Fsp3) is 0.542. The van der Waals surface area contributed by atoms with Gasteiger partial charge in [-0.1, -0.05) is 29.3 Å².